The maximum Gasteiger partial charge on any atom is 0.0256 e. The Labute approximate surface area is 106 Å². The lowest BCUT2D eigenvalue weighted by molar-refractivity contribution is 0.248. The van der Waals surface area contributed by atoms with Gasteiger partial charge in [-0.15, -0.1) is 0 Å². The Morgan fingerprint density at radius 1 is 1.31 bits per heavy atom. The highest BCUT2D eigenvalue weighted by molar-refractivity contribution is 9.10. The van der Waals surface area contributed by atoms with Crippen molar-refractivity contribution in [1.29, 1.82) is 0 Å². The van der Waals surface area contributed by atoms with Crippen LogP contribution in [0.3, 0.4) is 0 Å². The van der Waals surface area contributed by atoms with Gasteiger partial charge in [0.25, 0.3) is 0 Å². The number of piperidine rings is 1. The SMILES string of the molecule is CN1CCC(C#Cc2cccc(Br)c2)CC1. The molecule has 1 aromatic rings. The monoisotopic (exact) mass is 277 g/mol. The third-order valence-electron chi connectivity index (χ3n) is 2.96. The molecule has 0 radical (unpaired) electrons. The van der Waals surface area contributed by atoms with Crippen LogP contribution in [0, 0.1) is 17.8 Å². The van der Waals surface area contributed by atoms with E-state index in [4.69, 9.17) is 0 Å². The van der Waals surface area contributed by atoms with Crippen LogP contribution in [-0.4, -0.2) is 25.0 Å². The second-order valence-corrected chi connectivity index (χ2v) is 5.27. The molecule has 2 heteroatoms. The standard InChI is InChI=1S/C14H16BrN/c1-16-9-7-12(8-10-16)5-6-13-3-2-4-14(15)11-13/h2-4,11-12H,7-10H2,1H3. The molecule has 0 spiro atoms. The summed E-state index contributed by atoms with van der Waals surface area (Å²) in [6.45, 7) is 2.36. The summed E-state index contributed by atoms with van der Waals surface area (Å²) in [7, 11) is 2.18. The molecule has 0 aliphatic carbocycles. The minimum absolute atomic E-state index is 0.579. The molecule has 1 heterocycles. The first-order chi connectivity index (χ1) is 7.74. The first kappa shape index (κ1) is 11.7. The lowest BCUT2D eigenvalue weighted by atomic mass is 9.97. The van der Waals surface area contributed by atoms with E-state index in [1.807, 2.05) is 12.1 Å². The lowest BCUT2D eigenvalue weighted by Gasteiger charge is -2.25. The molecular weight excluding hydrogens is 262 g/mol. The number of hydrogen-bond acceptors (Lipinski definition) is 1. The van der Waals surface area contributed by atoms with Gasteiger partial charge in [0.05, 0.1) is 0 Å². The van der Waals surface area contributed by atoms with Gasteiger partial charge in [-0.25, -0.2) is 0 Å². The third kappa shape index (κ3) is 3.37. The van der Waals surface area contributed by atoms with E-state index in [2.05, 4.69) is 51.9 Å². The van der Waals surface area contributed by atoms with Crippen LogP contribution >= 0.6 is 15.9 Å². The van der Waals surface area contributed by atoms with Crippen molar-refractivity contribution in [3.8, 4) is 11.8 Å². The number of halogens is 1. The Hall–Kier alpha value is -0.780. The van der Waals surface area contributed by atoms with Crippen molar-refractivity contribution in [2.75, 3.05) is 20.1 Å². The summed E-state index contributed by atoms with van der Waals surface area (Å²) in [6, 6.07) is 8.19. The van der Waals surface area contributed by atoms with E-state index >= 15 is 0 Å². The van der Waals surface area contributed by atoms with Gasteiger partial charge in [0.15, 0.2) is 0 Å². The average Bonchev–Trinajstić information content (AvgIpc) is 2.28. The number of nitrogens with zero attached hydrogens (tertiary/aromatic N) is 1. The third-order valence-corrected chi connectivity index (χ3v) is 3.46. The maximum absolute atomic E-state index is 3.46. The smallest absolute Gasteiger partial charge is 0.0256 e. The summed E-state index contributed by atoms with van der Waals surface area (Å²) in [4.78, 5) is 2.37. The highest BCUT2D eigenvalue weighted by Gasteiger charge is 2.13. The van der Waals surface area contributed by atoms with Gasteiger partial charge in [-0.3, -0.25) is 0 Å². The second-order valence-electron chi connectivity index (χ2n) is 4.36. The molecule has 16 heavy (non-hydrogen) atoms. The van der Waals surface area contributed by atoms with Crippen molar-refractivity contribution in [3.05, 3.63) is 34.3 Å². The Bertz CT molecular complexity index is 408. The van der Waals surface area contributed by atoms with Gasteiger partial charge in [-0.1, -0.05) is 33.8 Å². The summed E-state index contributed by atoms with van der Waals surface area (Å²) >= 11 is 3.46. The molecule has 0 bridgehead atoms. The number of rotatable bonds is 0. The number of likely N-dealkylation sites (tertiary alicyclic amines) is 1. The van der Waals surface area contributed by atoms with Gasteiger partial charge < -0.3 is 4.90 Å². The molecule has 84 valence electrons. The van der Waals surface area contributed by atoms with Gasteiger partial charge >= 0.3 is 0 Å². The summed E-state index contributed by atoms with van der Waals surface area (Å²) in [5, 5.41) is 0. The summed E-state index contributed by atoms with van der Waals surface area (Å²) in [5.74, 6) is 7.24. The Balaban J connectivity index is 1.99. The first-order valence-electron chi connectivity index (χ1n) is 5.70. The predicted molar refractivity (Wildman–Crippen MR) is 71.2 cm³/mol. The van der Waals surface area contributed by atoms with E-state index in [0.29, 0.717) is 5.92 Å². The van der Waals surface area contributed by atoms with E-state index in [9.17, 15) is 0 Å². The van der Waals surface area contributed by atoms with Crippen molar-refractivity contribution >= 4 is 15.9 Å². The normalized spacial score (nSPS) is 17.9. The largest absolute Gasteiger partial charge is 0.306 e. The van der Waals surface area contributed by atoms with Crippen molar-refractivity contribution in [1.82, 2.24) is 4.90 Å². The van der Waals surface area contributed by atoms with Crippen LogP contribution in [0.15, 0.2) is 28.7 Å². The van der Waals surface area contributed by atoms with Gasteiger partial charge in [0.2, 0.25) is 0 Å². The van der Waals surface area contributed by atoms with Crippen LogP contribution in [0.1, 0.15) is 18.4 Å². The molecule has 0 aromatic heterocycles. The Morgan fingerprint density at radius 2 is 2.06 bits per heavy atom. The Kier molecular flexibility index (Phi) is 4.04. The number of benzene rings is 1. The minimum Gasteiger partial charge on any atom is -0.306 e. The van der Waals surface area contributed by atoms with Crippen molar-refractivity contribution in [2.45, 2.75) is 12.8 Å². The summed E-state index contributed by atoms with van der Waals surface area (Å²) < 4.78 is 1.10. The molecule has 1 aliphatic heterocycles. The molecule has 1 aliphatic rings. The van der Waals surface area contributed by atoms with E-state index < -0.39 is 0 Å². The molecular formula is C14H16BrN. The average molecular weight is 278 g/mol. The van der Waals surface area contributed by atoms with Crippen LogP contribution < -0.4 is 0 Å². The Morgan fingerprint density at radius 3 is 2.75 bits per heavy atom. The van der Waals surface area contributed by atoms with E-state index in [-0.39, 0.29) is 0 Å². The van der Waals surface area contributed by atoms with Crippen molar-refractivity contribution in [2.24, 2.45) is 5.92 Å². The fourth-order valence-corrected chi connectivity index (χ4v) is 2.30. The molecule has 1 nitrogen and oxygen atoms in total. The molecule has 0 unspecified atom stereocenters. The fraction of sp³-hybridized carbons (Fsp3) is 0.429. The molecule has 1 fully saturated rings. The summed E-state index contributed by atoms with van der Waals surface area (Å²) in [6.07, 6.45) is 2.41. The molecule has 0 atom stereocenters. The zero-order valence-corrected chi connectivity index (χ0v) is 11.1. The van der Waals surface area contributed by atoms with Crippen LogP contribution in [0.2, 0.25) is 0 Å². The highest BCUT2D eigenvalue weighted by atomic mass is 79.9. The lowest BCUT2D eigenvalue weighted by Crippen LogP contribution is -2.29. The predicted octanol–water partition coefficient (Wildman–Crippen LogP) is 3.14. The molecule has 1 aromatic carbocycles. The molecule has 0 N–H and O–H groups in total. The van der Waals surface area contributed by atoms with Crippen LogP contribution in [0.25, 0.3) is 0 Å². The van der Waals surface area contributed by atoms with Crippen LogP contribution in [-0.2, 0) is 0 Å². The topological polar surface area (TPSA) is 3.24 Å². The zero-order valence-electron chi connectivity index (χ0n) is 9.54. The van der Waals surface area contributed by atoms with E-state index in [0.717, 1.165) is 10.0 Å². The summed E-state index contributed by atoms with van der Waals surface area (Å²) in [5.41, 5.74) is 1.10. The van der Waals surface area contributed by atoms with Crippen molar-refractivity contribution < 1.29 is 0 Å². The molecule has 2 rings (SSSR count). The molecule has 1 saturated heterocycles. The highest BCUT2D eigenvalue weighted by Crippen LogP contribution is 2.15. The first-order valence-corrected chi connectivity index (χ1v) is 6.49. The second kappa shape index (κ2) is 5.52. The molecule has 0 saturated carbocycles. The van der Waals surface area contributed by atoms with Gasteiger partial charge in [0.1, 0.15) is 0 Å². The zero-order chi connectivity index (χ0) is 11.4. The van der Waals surface area contributed by atoms with E-state index in [1.165, 1.54) is 25.9 Å². The quantitative estimate of drug-likeness (QED) is 0.659. The number of hydrogen-bond donors (Lipinski definition) is 0. The minimum atomic E-state index is 0.579. The van der Waals surface area contributed by atoms with Gasteiger partial charge in [-0.2, -0.15) is 0 Å². The van der Waals surface area contributed by atoms with Crippen LogP contribution in [0.4, 0.5) is 0 Å². The van der Waals surface area contributed by atoms with Gasteiger partial charge in [0, 0.05) is 16.0 Å². The van der Waals surface area contributed by atoms with Crippen LogP contribution in [0.5, 0.6) is 0 Å². The van der Waals surface area contributed by atoms with E-state index in [1.54, 1.807) is 0 Å². The van der Waals surface area contributed by atoms with Crippen molar-refractivity contribution in [3.63, 3.8) is 0 Å². The van der Waals surface area contributed by atoms with Gasteiger partial charge in [-0.05, 0) is 51.2 Å². The molecule has 0 amide bonds. The fourth-order valence-electron chi connectivity index (χ4n) is 1.90. The maximum atomic E-state index is 3.46.